The summed E-state index contributed by atoms with van der Waals surface area (Å²) in [6.07, 6.45) is -3.36. The second-order valence-corrected chi connectivity index (χ2v) is 19.9. The van der Waals surface area contributed by atoms with Gasteiger partial charge in [0.25, 0.3) is 5.91 Å². The number of rotatable bonds is 9. The molecule has 3 N–H and O–H groups in total. The maximum Gasteiger partial charge on any atom is 0.427 e. The van der Waals surface area contributed by atoms with Gasteiger partial charge in [0.15, 0.2) is 11.6 Å². The standard InChI is InChI=1S/C42H53F4N5O11S.2C2H6.3H2/c1-7-30-32(47-38(55)62-39(3,4)42(44,45)46)36(53)51-21-24(61-35-27-18-28(43)31(58-6)19-26(27)25-13-10-16-59-34(25)48-35)17-29(51)33(52)49-41(20-23(41)12-9-8-11-22(2)60-30)37(54)50-63(56,57)40(5)14-15-40;2*1-2;;;/h9,12,18-19,22-24,29-30,32H,7-8,10-11,13-17,20-21H2,1-6H3,(H,47,55)(H,49,52)(H,50,54);2*1-2H3;3*1H/b12-9-;;;;;/t22-,23-,24-,29+,30+,32+,41-;;;;;/m1...../s1. The number of aryl methyl sites for hydroxylation is 1. The highest BCUT2D eigenvalue weighted by molar-refractivity contribution is 7.91. The summed E-state index contributed by atoms with van der Waals surface area (Å²) < 4.78 is 113. The van der Waals surface area contributed by atoms with E-state index < -0.39 is 98.0 Å². The molecule has 0 bridgehead atoms. The summed E-state index contributed by atoms with van der Waals surface area (Å²) in [5.74, 6) is -4.03. The van der Waals surface area contributed by atoms with Crippen LogP contribution in [0.4, 0.5) is 22.4 Å². The van der Waals surface area contributed by atoms with Crippen molar-refractivity contribution >= 4 is 44.6 Å². The number of nitrogens with one attached hydrogen (secondary N) is 3. The number of sulfonamides is 1. The van der Waals surface area contributed by atoms with Crippen molar-refractivity contribution in [2.75, 3.05) is 20.3 Å². The Balaban J connectivity index is 0.00000234. The van der Waals surface area contributed by atoms with Crippen molar-refractivity contribution in [2.24, 2.45) is 5.92 Å². The van der Waals surface area contributed by atoms with Crippen molar-refractivity contribution < 1.29 is 73.1 Å². The quantitative estimate of drug-likeness (QED) is 0.164. The molecule has 4 amide bonds. The topological polar surface area (TPSA) is 201 Å². The predicted octanol–water partition coefficient (Wildman–Crippen LogP) is 7.69. The number of carbonyl (C=O) groups is 4. The number of hydrogen-bond donors (Lipinski definition) is 3. The average molecular weight is 978 g/mol. The number of ether oxygens (including phenoxy) is 5. The van der Waals surface area contributed by atoms with Gasteiger partial charge in [0.2, 0.25) is 39.2 Å². The van der Waals surface area contributed by atoms with Crippen molar-refractivity contribution in [3.05, 3.63) is 35.7 Å². The Morgan fingerprint density at radius 2 is 1.79 bits per heavy atom. The molecule has 67 heavy (non-hydrogen) atoms. The number of allylic oxidation sites excluding steroid dienone is 1. The number of alkyl halides is 3. The van der Waals surface area contributed by atoms with Gasteiger partial charge < -0.3 is 39.2 Å². The number of methoxy groups -OCH3 is 1. The van der Waals surface area contributed by atoms with Crippen LogP contribution in [-0.2, 0) is 40.3 Å². The molecule has 1 aromatic carbocycles. The molecule has 1 aromatic heterocycles. The summed E-state index contributed by atoms with van der Waals surface area (Å²) in [7, 11) is -2.82. The molecule has 0 unspecified atom stereocenters. The minimum Gasteiger partial charge on any atom is -0.494 e. The Hall–Kier alpha value is -4.92. The monoisotopic (exact) mass is 977 g/mol. The van der Waals surface area contributed by atoms with Gasteiger partial charge in [-0.25, -0.2) is 17.6 Å². The molecule has 3 aliphatic heterocycles. The zero-order valence-electron chi connectivity index (χ0n) is 39.9. The van der Waals surface area contributed by atoms with Crippen LogP contribution in [0.5, 0.6) is 17.5 Å². The summed E-state index contributed by atoms with van der Waals surface area (Å²) in [6.45, 7) is 14.1. The molecule has 21 heteroatoms. The highest BCUT2D eigenvalue weighted by Gasteiger charge is 2.63. The van der Waals surface area contributed by atoms with E-state index in [-0.39, 0.29) is 53.0 Å². The third-order valence-corrected chi connectivity index (χ3v) is 14.9. The lowest BCUT2D eigenvalue weighted by Gasteiger charge is -2.35. The van der Waals surface area contributed by atoms with Crippen molar-refractivity contribution in [1.82, 2.24) is 25.2 Å². The number of alkyl carbamates (subject to hydrolysis) is 1. The Morgan fingerprint density at radius 1 is 1.10 bits per heavy atom. The lowest BCUT2D eigenvalue weighted by atomic mass is 10.0. The number of halogens is 4. The normalized spacial score (nSPS) is 27.5. The largest absolute Gasteiger partial charge is 0.494 e. The zero-order valence-corrected chi connectivity index (χ0v) is 40.7. The van der Waals surface area contributed by atoms with Crippen molar-refractivity contribution in [3.63, 3.8) is 0 Å². The third kappa shape index (κ3) is 11.2. The molecule has 0 spiro atoms. The van der Waals surface area contributed by atoms with Gasteiger partial charge in [-0.2, -0.15) is 18.2 Å². The fourth-order valence-corrected chi connectivity index (χ4v) is 9.56. The Morgan fingerprint density at radius 3 is 2.42 bits per heavy atom. The van der Waals surface area contributed by atoms with Crippen LogP contribution in [0, 0.1) is 11.7 Å². The van der Waals surface area contributed by atoms with Gasteiger partial charge in [-0.3, -0.25) is 19.1 Å². The van der Waals surface area contributed by atoms with Crippen molar-refractivity contribution in [3.8, 4) is 17.5 Å². The predicted molar refractivity (Wildman–Crippen MR) is 246 cm³/mol. The molecule has 0 radical (unpaired) electrons. The molecule has 16 nitrogen and oxygen atoms in total. The highest BCUT2D eigenvalue weighted by Crippen LogP contribution is 2.48. The van der Waals surface area contributed by atoms with Crippen LogP contribution < -0.4 is 29.6 Å². The number of nitrogens with zero attached hydrogens (tertiary/aromatic N) is 2. The molecule has 3 fully saturated rings. The van der Waals surface area contributed by atoms with E-state index in [9.17, 15) is 40.8 Å². The van der Waals surface area contributed by atoms with E-state index in [1.165, 1.54) is 26.2 Å². The number of carbonyl (C=O) groups excluding carboxylic acids is 4. The van der Waals surface area contributed by atoms with Gasteiger partial charge in [-0.15, -0.1) is 0 Å². The molecule has 7 rings (SSSR count). The van der Waals surface area contributed by atoms with Crippen LogP contribution >= 0.6 is 0 Å². The highest BCUT2D eigenvalue weighted by atomic mass is 32.2. The fraction of sp³-hybridized carbons (Fsp3) is 0.674. The summed E-state index contributed by atoms with van der Waals surface area (Å²) in [5, 5.41) is 5.82. The van der Waals surface area contributed by atoms with Gasteiger partial charge >= 0.3 is 12.3 Å². The smallest absolute Gasteiger partial charge is 0.427 e. The van der Waals surface area contributed by atoms with Crippen molar-refractivity contribution in [2.45, 2.75) is 173 Å². The van der Waals surface area contributed by atoms with E-state index in [1.54, 1.807) is 26.0 Å². The van der Waals surface area contributed by atoms with Gasteiger partial charge in [-0.1, -0.05) is 46.8 Å². The van der Waals surface area contributed by atoms with Gasteiger partial charge in [0, 0.05) is 27.6 Å². The molecule has 7 atom stereocenters. The Kier molecular flexibility index (Phi) is 16.4. The first-order valence-corrected chi connectivity index (χ1v) is 24.6. The number of amides is 4. The first kappa shape index (κ1) is 53.0. The van der Waals surface area contributed by atoms with E-state index in [1.807, 2.05) is 27.7 Å². The lowest BCUT2D eigenvalue weighted by Crippen LogP contribution is -2.61. The zero-order chi connectivity index (χ0) is 49.9. The van der Waals surface area contributed by atoms with E-state index >= 15 is 4.39 Å². The minimum absolute atomic E-state index is 0. The molecule has 4 heterocycles. The number of hydrogen-bond acceptors (Lipinski definition) is 12. The number of benzene rings is 1. The molecule has 380 valence electrons. The molecule has 2 aliphatic carbocycles. The van der Waals surface area contributed by atoms with E-state index in [0.29, 0.717) is 69.9 Å². The van der Waals surface area contributed by atoms with Crippen LogP contribution in [0.3, 0.4) is 0 Å². The van der Waals surface area contributed by atoms with E-state index in [4.69, 9.17) is 23.7 Å². The average Bonchev–Trinajstić information content (AvgIpc) is 4.16. The molecule has 2 aromatic rings. The molecule has 1 saturated heterocycles. The van der Waals surface area contributed by atoms with Gasteiger partial charge in [0.05, 0.1) is 37.2 Å². The summed E-state index contributed by atoms with van der Waals surface area (Å²) in [5.41, 5.74) is -4.00. The molecular weight excluding hydrogens is 907 g/mol. The number of pyridine rings is 1. The van der Waals surface area contributed by atoms with Gasteiger partial charge in [-0.05, 0) is 96.6 Å². The first-order valence-electron chi connectivity index (χ1n) is 23.1. The second-order valence-electron chi connectivity index (χ2n) is 17.7. The summed E-state index contributed by atoms with van der Waals surface area (Å²) >= 11 is 0. The van der Waals surface area contributed by atoms with E-state index in [0.717, 1.165) is 4.90 Å². The molecule has 5 aliphatic rings. The summed E-state index contributed by atoms with van der Waals surface area (Å²) in [4.78, 5) is 62.6. The SMILES string of the molecule is CC.CC.CC[C@@H]1O[C@H](C)CC/C=C\[C@@H]2C[C@@]2(C(=O)NS(=O)(=O)C2(C)CC2)NC(=O)[C@@H]2C[C@@H](Oc3nc4c(c5cc(OC)c(F)cc35)CCCO4)CN2C(=O)[C@H]1NC(=O)OC(C)(C)C(F)(F)F.[HH].[HH].[HH]. The second kappa shape index (κ2) is 20.7. The third-order valence-electron chi connectivity index (χ3n) is 12.7. The van der Waals surface area contributed by atoms with Crippen LogP contribution in [0.1, 0.15) is 124 Å². The summed E-state index contributed by atoms with van der Waals surface area (Å²) in [6, 6.07) is -0.497. The Labute approximate surface area is 394 Å². The first-order chi connectivity index (χ1) is 31.5. The molecule has 2 saturated carbocycles. The van der Waals surface area contributed by atoms with Crippen LogP contribution in [0.15, 0.2) is 24.3 Å². The van der Waals surface area contributed by atoms with Crippen LogP contribution in [-0.4, -0.2) is 115 Å². The van der Waals surface area contributed by atoms with Crippen LogP contribution in [0.2, 0.25) is 0 Å². The van der Waals surface area contributed by atoms with Gasteiger partial charge in [0.1, 0.15) is 23.7 Å². The fourth-order valence-electron chi connectivity index (χ4n) is 8.25. The van der Waals surface area contributed by atoms with E-state index in [2.05, 4.69) is 20.3 Å². The lowest BCUT2D eigenvalue weighted by molar-refractivity contribution is -0.244. The van der Waals surface area contributed by atoms with Crippen molar-refractivity contribution in [1.29, 1.82) is 0 Å². The molecular formula is C46H71F4N5O11S. The Bertz CT molecular complexity index is 2330. The minimum atomic E-state index is -4.98. The van der Waals surface area contributed by atoms with Crippen LogP contribution in [0.25, 0.3) is 10.8 Å². The maximum absolute atomic E-state index is 15.3. The maximum atomic E-state index is 15.3. The number of fused-ring (bicyclic) bond motifs is 5. The number of aromatic nitrogens is 1.